The fourth-order valence-electron chi connectivity index (χ4n) is 0.981. The van der Waals surface area contributed by atoms with Crippen molar-refractivity contribution < 1.29 is 19.6 Å². The third kappa shape index (κ3) is 2.92. The first kappa shape index (κ1) is 11.9. The molecule has 0 spiro atoms. The van der Waals surface area contributed by atoms with Gasteiger partial charge in [0.25, 0.3) is 0 Å². The first-order valence-corrected chi connectivity index (χ1v) is 4.37. The second-order valence-electron chi connectivity index (χ2n) is 2.98. The summed E-state index contributed by atoms with van der Waals surface area (Å²) in [6.07, 6.45) is 0. The maximum atomic E-state index is 10.6. The molecule has 0 aromatic heterocycles. The molecule has 7 heteroatoms. The number of carboxylic acid groups (broad SMARTS) is 1. The van der Waals surface area contributed by atoms with Gasteiger partial charge in [-0.3, -0.25) is 14.9 Å². The average Bonchev–Trinajstić information content (AvgIpc) is 2.25. The SMILES string of the molecule is NC(COc1ccccc1[N+](=O)[O-])C(=O)O. The number of nitrogens with zero attached hydrogens (tertiary/aromatic N) is 1. The van der Waals surface area contributed by atoms with Crippen molar-refractivity contribution in [2.24, 2.45) is 5.73 Å². The van der Waals surface area contributed by atoms with Crippen LogP contribution in [0.3, 0.4) is 0 Å². The Morgan fingerprint density at radius 3 is 2.75 bits per heavy atom. The minimum atomic E-state index is -1.22. The van der Waals surface area contributed by atoms with Gasteiger partial charge in [0.2, 0.25) is 0 Å². The van der Waals surface area contributed by atoms with Crippen molar-refractivity contribution >= 4 is 11.7 Å². The van der Waals surface area contributed by atoms with Gasteiger partial charge < -0.3 is 15.6 Å². The molecule has 0 aliphatic heterocycles. The summed E-state index contributed by atoms with van der Waals surface area (Å²) in [5.41, 5.74) is 4.97. The fourth-order valence-corrected chi connectivity index (χ4v) is 0.981. The molecule has 1 unspecified atom stereocenters. The van der Waals surface area contributed by atoms with Gasteiger partial charge in [-0.2, -0.15) is 0 Å². The third-order valence-electron chi connectivity index (χ3n) is 1.80. The smallest absolute Gasteiger partial charge is 0.324 e. The zero-order valence-electron chi connectivity index (χ0n) is 8.20. The average molecular weight is 226 g/mol. The lowest BCUT2D eigenvalue weighted by molar-refractivity contribution is -0.385. The topological polar surface area (TPSA) is 116 Å². The van der Waals surface area contributed by atoms with Crippen LogP contribution in [0.25, 0.3) is 0 Å². The fraction of sp³-hybridized carbons (Fsp3) is 0.222. The van der Waals surface area contributed by atoms with E-state index in [0.29, 0.717) is 0 Å². The van der Waals surface area contributed by atoms with E-state index in [-0.39, 0.29) is 18.0 Å². The van der Waals surface area contributed by atoms with E-state index in [2.05, 4.69) is 0 Å². The van der Waals surface area contributed by atoms with E-state index in [1.807, 2.05) is 0 Å². The normalized spacial score (nSPS) is 11.8. The van der Waals surface area contributed by atoms with E-state index < -0.39 is 16.9 Å². The van der Waals surface area contributed by atoms with Crippen molar-refractivity contribution in [2.45, 2.75) is 6.04 Å². The number of para-hydroxylation sites is 2. The lowest BCUT2D eigenvalue weighted by Crippen LogP contribution is -2.36. The maximum absolute atomic E-state index is 10.6. The molecule has 16 heavy (non-hydrogen) atoms. The molecule has 86 valence electrons. The molecule has 3 N–H and O–H groups in total. The number of nitrogens with two attached hydrogens (primary N) is 1. The van der Waals surface area contributed by atoms with Gasteiger partial charge in [-0.25, -0.2) is 0 Å². The standard InChI is InChI=1S/C9H10N2O5/c10-6(9(12)13)5-16-8-4-2-1-3-7(8)11(14)15/h1-4,6H,5,10H2,(H,12,13). The first-order chi connectivity index (χ1) is 7.52. The van der Waals surface area contributed by atoms with Crippen LogP contribution >= 0.6 is 0 Å². The zero-order chi connectivity index (χ0) is 12.1. The zero-order valence-corrected chi connectivity index (χ0v) is 8.20. The van der Waals surface area contributed by atoms with Crippen LogP contribution in [-0.2, 0) is 4.79 Å². The predicted octanol–water partition coefficient (Wildman–Crippen LogP) is 0.385. The van der Waals surface area contributed by atoms with Gasteiger partial charge >= 0.3 is 11.7 Å². The number of benzene rings is 1. The number of nitro groups is 1. The van der Waals surface area contributed by atoms with Gasteiger partial charge in [0, 0.05) is 6.07 Å². The number of rotatable bonds is 5. The van der Waals surface area contributed by atoms with Crippen LogP contribution in [0, 0.1) is 10.1 Å². The summed E-state index contributed by atoms with van der Waals surface area (Å²) in [6, 6.07) is 4.48. The molecule has 0 radical (unpaired) electrons. The molecule has 7 nitrogen and oxygen atoms in total. The Labute approximate surface area is 90.6 Å². The molecule has 0 aliphatic rings. The summed E-state index contributed by atoms with van der Waals surface area (Å²) in [4.78, 5) is 20.4. The van der Waals surface area contributed by atoms with Gasteiger partial charge in [-0.1, -0.05) is 12.1 Å². The van der Waals surface area contributed by atoms with E-state index in [1.54, 1.807) is 6.07 Å². The van der Waals surface area contributed by atoms with Crippen LogP contribution in [0.1, 0.15) is 0 Å². The Kier molecular flexibility index (Phi) is 3.78. The Hall–Kier alpha value is -2.15. The van der Waals surface area contributed by atoms with Crippen molar-refractivity contribution in [3.63, 3.8) is 0 Å². The van der Waals surface area contributed by atoms with Crippen LogP contribution in [0.15, 0.2) is 24.3 Å². The largest absolute Gasteiger partial charge is 0.485 e. The highest BCUT2D eigenvalue weighted by Crippen LogP contribution is 2.25. The third-order valence-corrected chi connectivity index (χ3v) is 1.80. The minimum Gasteiger partial charge on any atom is -0.485 e. The summed E-state index contributed by atoms with van der Waals surface area (Å²) >= 11 is 0. The van der Waals surface area contributed by atoms with E-state index in [0.717, 1.165) is 0 Å². The van der Waals surface area contributed by atoms with Gasteiger partial charge in [0.1, 0.15) is 12.6 Å². The van der Waals surface area contributed by atoms with Crippen molar-refractivity contribution in [1.82, 2.24) is 0 Å². The first-order valence-electron chi connectivity index (χ1n) is 4.37. The number of carboxylic acids is 1. The van der Waals surface area contributed by atoms with E-state index >= 15 is 0 Å². The molecular formula is C9H10N2O5. The molecule has 0 saturated heterocycles. The maximum Gasteiger partial charge on any atom is 0.324 e. The highest BCUT2D eigenvalue weighted by molar-refractivity contribution is 5.73. The summed E-state index contributed by atoms with van der Waals surface area (Å²) in [5, 5.41) is 19.1. The predicted molar refractivity (Wildman–Crippen MR) is 54.2 cm³/mol. The molecule has 1 atom stereocenters. The molecule has 1 aromatic rings. The van der Waals surface area contributed by atoms with Gasteiger partial charge in [0.05, 0.1) is 4.92 Å². The molecule has 0 fully saturated rings. The van der Waals surface area contributed by atoms with Crippen molar-refractivity contribution in [3.8, 4) is 5.75 Å². The molecule has 0 bridgehead atoms. The Morgan fingerprint density at radius 2 is 2.19 bits per heavy atom. The highest BCUT2D eigenvalue weighted by atomic mass is 16.6. The summed E-state index contributed by atoms with van der Waals surface area (Å²) in [6.45, 7) is -0.319. The molecule has 0 amide bonds. The quantitative estimate of drug-likeness (QED) is 0.554. The number of hydrogen-bond acceptors (Lipinski definition) is 5. The Bertz CT molecular complexity index is 407. The van der Waals surface area contributed by atoms with Crippen LogP contribution < -0.4 is 10.5 Å². The summed E-state index contributed by atoms with van der Waals surface area (Å²) in [7, 11) is 0. The van der Waals surface area contributed by atoms with E-state index in [4.69, 9.17) is 15.6 Å². The van der Waals surface area contributed by atoms with Crippen LogP contribution in [-0.4, -0.2) is 28.6 Å². The molecule has 0 saturated carbocycles. The monoisotopic (exact) mass is 226 g/mol. The Balaban J connectivity index is 2.74. The van der Waals surface area contributed by atoms with E-state index in [9.17, 15) is 14.9 Å². The number of hydrogen-bond donors (Lipinski definition) is 2. The molecule has 0 heterocycles. The summed E-state index contributed by atoms with van der Waals surface area (Å²) in [5.74, 6) is -1.22. The lowest BCUT2D eigenvalue weighted by atomic mass is 10.3. The van der Waals surface area contributed by atoms with Gasteiger partial charge in [0.15, 0.2) is 5.75 Å². The van der Waals surface area contributed by atoms with Gasteiger partial charge in [-0.05, 0) is 6.07 Å². The second-order valence-corrected chi connectivity index (χ2v) is 2.98. The van der Waals surface area contributed by atoms with Crippen LogP contribution in [0.5, 0.6) is 5.75 Å². The molecule has 1 aromatic carbocycles. The highest BCUT2D eigenvalue weighted by Gasteiger charge is 2.17. The van der Waals surface area contributed by atoms with Crippen molar-refractivity contribution in [1.29, 1.82) is 0 Å². The molecule has 1 rings (SSSR count). The second kappa shape index (κ2) is 5.08. The number of aliphatic carboxylic acids is 1. The number of ether oxygens (including phenoxy) is 1. The van der Waals surface area contributed by atoms with Crippen LogP contribution in [0.2, 0.25) is 0 Å². The summed E-state index contributed by atoms with van der Waals surface area (Å²) < 4.78 is 4.97. The van der Waals surface area contributed by atoms with Crippen LogP contribution in [0.4, 0.5) is 5.69 Å². The van der Waals surface area contributed by atoms with E-state index in [1.165, 1.54) is 18.2 Å². The number of carbonyl (C=O) groups is 1. The van der Waals surface area contributed by atoms with Crippen molar-refractivity contribution in [3.05, 3.63) is 34.4 Å². The molecule has 0 aliphatic carbocycles. The minimum absolute atomic E-state index is 0.00389. The number of nitro benzene ring substituents is 1. The van der Waals surface area contributed by atoms with Crippen molar-refractivity contribution in [2.75, 3.05) is 6.61 Å². The lowest BCUT2D eigenvalue weighted by Gasteiger charge is -2.09. The molecular weight excluding hydrogens is 216 g/mol. The van der Waals surface area contributed by atoms with Gasteiger partial charge in [-0.15, -0.1) is 0 Å². The Morgan fingerprint density at radius 1 is 1.56 bits per heavy atom.